The average Bonchev–Trinajstić information content (AvgIpc) is 2.70. The maximum atomic E-state index is 12.2. The Labute approximate surface area is 197 Å². The fourth-order valence-electron chi connectivity index (χ4n) is 2.06. The van der Waals surface area contributed by atoms with Crippen molar-refractivity contribution in [2.24, 2.45) is 0 Å². The van der Waals surface area contributed by atoms with Gasteiger partial charge in [0.25, 0.3) is 5.69 Å². The van der Waals surface area contributed by atoms with Gasteiger partial charge in [0.2, 0.25) is 5.78 Å². The molecule has 154 valence electrons. The van der Waals surface area contributed by atoms with Crippen molar-refractivity contribution in [1.29, 1.82) is 0 Å². The molecule has 0 saturated heterocycles. The summed E-state index contributed by atoms with van der Waals surface area (Å²) in [5.74, 6) is -0.617. The molecule has 0 radical (unpaired) electrons. The molecule has 0 bridgehead atoms. The van der Waals surface area contributed by atoms with Crippen LogP contribution in [-0.4, -0.2) is 25.6 Å². The van der Waals surface area contributed by atoms with Gasteiger partial charge in [0.1, 0.15) is 0 Å². The first-order valence-corrected chi connectivity index (χ1v) is 9.87. The maximum Gasteiger partial charge on any atom is 0.302 e. The van der Waals surface area contributed by atoms with Crippen molar-refractivity contribution >= 4 is 74.6 Å². The van der Waals surface area contributed by atoms with Crippen LogP contribution < -0.4 is 0 Å². The summed E-state index contributed by atoms with van der Waals surface area (Å²) in [6.07, 6.45) is 2.55. The van der Waals surface area contributed by atoms with Gasteiger partial charge in [-0.3, -0.25) is 25.0 Å². The summed E-state index contributed by atoms with van der Waals surface area (Å²) in [5, 5.41) is 21.8. The summed E-state index contributed by atoms with van der Waals surface area (Å²) in [4.78, 5) is 39.6. The molecule has 0 atom stereocenters. The highest BCUT2D eigenvalue weighted by Crippen LogP contribution is 2.26. The predicted octanol–water partition coefficient (Wildman–Crippen LogP) is 5.78. The van der Waals surface area contributed by atoms with Crippen LogP contribution in [0.3, 0.4) is 0 Å². The Kier molecular flexibility index (Phi) is 8.41. The summed E-state index contributed by atoms with van der Waals surface area (Å²) in [6.45, 7) is 0. The largest absolute Gasteiger partial charge is 0.302 e. The molecule has 9 nitrogen and oxygen atoms in total. The molecule has 0 spiro atoms. The number of aromatic nitrogens is 2. The molecule has 3 rings (SSSR count). The molecule has 0 aliphatic rings. The molecule has 0 aliphatic carbocycles. The van der Waals surface area contributed by atoms with E-state index in [0.717, 1.165) is 6.07 Å². The first-order chi connectivity index (χ1) is 14.1. The van der Waals surface area contributed by atoms with E-state index in [4.69, 9.17) is 34.8 Å². The minimum Gasteiger partial charge on any atom is -0.287 e. The summed E-state index contributed by atoms with van der Waals surface area (Å²) in [7, 11) is 0. The van der Waals surface area contributed by atoms with E-state index in [9.17, 15) is 25.0 Å². The van der Waals surface area contributed by atoms with E-state index in [2.05, 4.69) is 9.97 Å². The van der Waals surface area contributed by atoms with E-state index in [-0.39, 0.29) is 32.0 Å². The molecule has 0 fully saturated rings. The van der Waals surface area contributed by atoms with E-state index in [1.54, 1.807) is 34.7 Å². The SMILES string of the molecule is O=C(c1ccccc1Cl)c1ncc(Cl)cc1[N+](=O)[O-].O=[N+]([O-])c1cc(Cl)cnc1I. The smallest absolute Gasteiger partial charge is 0.287 e. The fraction of sp³-hybridized carbons (Fsp3) is 0. The van der Waals surface area contributed by atoms with Crippen LogP contribution in [0.4, 0.5) is 11.4 Å². The van der Waals surface area contributed by atoms with Crippen molar-refractivity contribution < 1.29 is 14.6 Å². The molecular weight excluding hydrogens is 573 g/mol. The van der Waals surface area contributed by atoms with Gasteiger partial charge < -0.3 is 0 Å². The average molecular weight is 582 g/mol. The normalized spacial score (nSPS) is 10.0. The lowest BCUT2D eigenvalue weighted by Crippen LogP contribution is -2.08. The van der Waals surface area contributed by atoms with Gasteiger partial charge >= 0.3 is 5.69 Å². The van der Waals surface area contributed by atoms with Gasteiger partial charge in [-0.1, -0.05) is 46.9 Å². The van der Waals surface area contributed by atoms with Crippen molar-refractivity contribution in [2.75, 3.05) is 0 Å². The highest BCUT2D eigenvalue weighted by molar-refractivity contribution is 14.1. The lowest BCUT2D eigenvalue weighted by atomic mass is 10.1. The van der Waals surface area contributed by atoms with Crippen LogP contribution >= 0.6 is 57.4 Å². The van der Waals surface area contributed by atoms with Crippen molar-refractivity contribution in [3.05, 3.63) is 99.0 Å². The van der Waals surface area contributed by atoms with Gasteiger partial charge in [0, 0.05) is 30.1 Å². The molecule has 3 aromatic rings. The number of nitro groups is 2. The van der Waals surface area contributed by atoms with Crippen LogP contribution in [0.15, 0.2) is 48.8 Å². The van der Waals surface area contributed by atoms with Crippen LogP contribution in [0.5, 0.6) is 0 Å². The quantitative estimate of drug-likeness (QED) is 0.126. The number of carbonyl (C=O) groups excluding carboxylic acids is 1. The Hall–Kier alpha value is -2.41. The minimum atomic E-state index is -0.705. The van der Waals surface area contributed by atoms with Gasteiger partial charge in [-0.25, -0.2) is 9.97 Å². The number of ketones is 1. The molecule has 2 heterocycles. The van der Waals surface area contributed by atoms with Crippen molar-refractivity contribution in [2.45, 2.75) is 0 Å². The topological polar surface area (TPSA) is 129 Å². The monoisotopic (exact) mass is 580 g/mol. The Balaban J connectivity index is 0.000000248. The number of carbonyl (C=O) groups is 1. The number of hydrogen-bond donors (Lipinski definition) is 0. The van der Waals surface area contributed by atoms with Crippen LogP contribution in [0.2, 0.25) is 15.1 Å². The second-order valence-electron chi connectivity index (χ2n) is 5.31. The lowest BCUT2D eigenvalue weighted by Gasteiger charge is -2.03. The molecule has 2 aromatic heterocycles. The zero-order valence-corrected chi connectivity index (χ0v) is 18.9. The number of halogens is 4. The zero-order valence-electron chi connectivity index (χ0n) is 14.5. The third-order valence-corrected chi connectivity index (χ3v) is 4.92. The molecule has 13 heteroatoms. The molecule has 30 heavy (non-hydrogen) atoms. The number of hydrogen-bond acceptors (Lipinski definition) is 7. The molecule has 0 saturated carbocycles. The van der Waals surface area contributed by atoms with E-state index in [0.29, 0.717) is 3.70 Å². The van der Waals surface area contributed by atoms with Crippen LogP contribution in [0.25, 0.3) is 0 Å². The Bertz CT molecular complexity index is 1150. The highest BCUT2D eigenvalue weighted by atomic mass is 127. The molecule has 0 N–H and O–H groups in total. The number of nitrogens with zero attached hydrogens (tertiary/aromatic N) is 4. The van der Waals surface area contributed by atoms with E-state index < -0.39 is 21.3 Å². The third kappa shape index (κ3) is 6.05. The Morgan fingerprint density at radius 1 is 0.900 bits per heavy atom. The zero-order chi connectivity index (χ0) is 22.4. The number of pyridine rings is 2. The third-order valence-electron chi connectivity index (χ3n) is 3.35. The fourth-order valence-corrected chi connectivity index (χ4v) is 3.07. The van der Waals surface area contributed by atoms with Gasteiger partial charge in [-0.2, -0.15) is 0 Å². The highest BCUT2D eigenvalue weighted by Gasteiger charge is 2.24. The van der Waals surface area contributed by atoms with Gasteiger partial charge in [0.05, 0.1) is 24.9 Å². The van der Waals surface area contributed by atoms with E-state index >= 15 is 0 Å². The van der Waals surface area contributed by atoms with Gasteiger partial charge in [0.15, 0.2) is 9.39 Å². The number of benzene rings is 1. The van der Waals surface area contributed by atoms with Crippen LogP contribution in [-0.2, 0) is 0 Å². The van der Waals surface area contributed by atoms with Crippen molar-refractivity contribution in [3.8, 4) is 0 Å². The molecular formula is C17H8Cl3IN4O5. The minimum absolute atomic E-state index is 0.0573. The lowest BCUT2D eigenvalue weighted by molar-refractivity contribution is -0.386. The van der Waals surface area contributed by atoms with Crippen LogP contribution in [0, 0.1) is 23.9 Å². The van der Waals surface area contributed by atoms with E-state index in [1.807, 2.05) is 0 Å². The number of rotatable bonds is 4. The second-order valence-corrected chi connectivity index (χ2v) is 7.61. The molecule has 0 aliphatic heterocycles. The summed E-state index contributed by atoms with van der Waals surface area (Å²) in [6, 6.07) is 8.62. The van der Waals surface area contributed by atoms with Gasteiger partial charge in [-0.15, -0.1) is 0 Å². The summed E-state index contributed by atoms with van der Waals surface area (Å²) in [5.41, 5.74) is -0.639. The van der Waals surface area contributed by atoms with Crippen molar-refractivity contribution in [3.63, 3.8) is 0 Å². The summed E-state index contributed by atoms with van der Waals surface area (Å²) >= 11 is 18.8. The second kappa shape index (κ2) is 10.6. The Morgan fingerprint density at radius 3 is 1.97 bits per heavy atom. The van der Waals surface area contributed by atoms with Gasteiger partial charge in [-0.05, 0) is 34.7 Å². The van der Waals surface area contributed by atoms with Crippen molar-refractivity contribution in [1.82, 2.24) is 9.97 Å². The standard InChI is InChI=1S/C12H6Cl2N2O3.C5H2ClIN2O2/c13-7-5-10(16(18)19)11(15-6-7)12(17)8-3-1-2-4-9(8)14;6-3-1-4(9(10)11)5(7)8-2-3/h1-6H;1-2H. The molecule has 0 unspecified atom stereocenters. The van der Waals surface area contributed by atoms with Crippen LogP contribution in [0.1, 0.15) is 16.1 Å². The first kappa shape index (κ1) is 23.9. The molecule has 1 aromatic carbocycles. The van der Waals surface area contributed by atoms with E-state index in [1.165, 1.54) is 30.6 Å². The Morgan fingerprint density at radius 2 is 1.43 bits per heavy atom. The summed E-state index contributed by atoms with van der Waals surface area (Å²) < 4.78 is 0.344. The maximum absolute atomic E-state index is 12.2. The molecule has 0 amide bonds. The first-order valence-electron chi connectivity index (χ1n) is 7.66. The predicted molar refractivity (Wildman–Crippen MR) is 119 cm³/mol.